The summed E-state index contributed by atoms with van der Waals surface area (Å²) in [5.74, 6) is 0. The summed E-state index contributed by atoms with van der Waals surface area (Å²) in [4.78, 5) is 5.51. The third-order valence-corrected chi connectivity index (χ3v) is 5.29. The van der Waals surface area contributed by atoms with Crippen LogP contribution in [0.25, 0.3) is 0 Å². The molecule has 0 aromatic carbocycles. The maximum Gasteiger partial charge on any atom is 0.0314 e. The second-order valence-corrected chi connectivity index (χ2v) is 6.80. The van der Waals surface area contributed by atoms with Crippen LogP contribution < -0.4 is 5.32 Å². The molecule has 0 amide bonds. The van der Waals surface area contributed by atoms with E-state index in [0.29, 0.717) is 6.04 Å². The van der Waals surface area contributed by atoms with Gasteiger partial charge in [0.2, 0.25) is 0 Å². The molecule has 2 rings (SSSR count). The smallest absolute Gasteiger partial charge is 0.0314 e. The summed E-state index contributed by atoms with van der Waals surface area (Å²) in [5.41, 5.74) is 1.37. The fourth-order valence-electron chi connectivity index (χ4n) is 2.21. The average molecular weight is 353 g/mol. The lowest BCUT2D eigenvalue weighted by Gasteiger charge is -2.18. The summed E-state index contributed by atoms with van der Waals surface area (Å²) in [5, 5.41) is 5.83. The molecular weight excluding hydrogens is 332 g/mol. The van der Waals surface area contributed by atoms with E-state index >= 15 is 0 Å². The van der Waals surface area contributed by atoms with Gasteiger partial charge < -0.3 is 5.32 Å². The summed E-state index contributed by atoms with van der Waals surface area (Å²) in [6.07, 6.45) is 8.29. The van der Waals surface area contributed by atoms with E-state index < -0.39 is 0 Å². The van der Waals surface area contributed by atoms with Gasteiger partial charge in [0.25, 0.3) is 0 Å². The molecule has 2 aromatic rings. The van der Waals surface area contributed by atoms with Crippen molar-refractivity contribution >= 4 is 27.3 Å². The van der Waals surface area contributed by atoms with Crippen LogP contribution in [-0.2, 0) is 12.8 Å². The number of nitrogens with one attached hydrogen (secondary N) is 1. The van der Waals surface area contributed by atoms with Crippen LogP contribution in [0.15, 0.2) is 40.4 Å². The van der Waals surface area contributed by atoms with Crippen LogP contribution in [0.1, 0.15) is 30.2 Å². The molecule has 0 bridgehead atoms. The minimum absolute atomic E-state index is 0.540. The maximum atomic E-state index is 4.07. The highest BCUT2D eigenvalue weighted by atomic mass is 79.9. The Hall–Kier alpha value is -0.710. The van der Waals surface area contributed by atoms with Gasteiger partial charge in [0.15, 0.2) is 0 Å². The van der Waals surface area contributed by atoms with E-state index in [4.69, 9.17) is 0 Å². The molecule has 0 spiro atoms. The third kappa shape index (κ3) is 5.00. The van der Waals surface area contributed by atoms with Gasteiger partial charge >= 0.3 is 0 Å². The highest BCUT2D eigenvalue weighted by molar-refractivity contribution is 9.10. The first kappa shape index (κ1) is 15.7. The molecule has 0 saturated heterocycles. The maximum absolute atomic E-state index is 4.07. The highest BCUT2D eigenvalue weighted by Gasteiger charge is 2.12. The van der Waals surface area contributed by atoms with E-state index in [2.05, 4.69) is 56.7 Å². The number of rotatable bonds is 8. The second-order valence-electron chi connectivity index (χ2n) is 4.94. The monoisotopic (exact) mass is 352 g/mol. The van der Waals surface area contributed by atoms with E-state index in [-0.39, 0.29) is 0 Å². The Morgan fingerprint density at radius 2 is 2.10 bits per heavy atom. The number of hydrogen-bond donors (Lipinski definition) is 1. The van der Waals surface area contributed by atoms with E-state index in [9.17, 15) is 0 Å². The Kier molecular flexibility index (Phi) is 6.70. The number of aryl methyl sites for hydroxylation is 1. The molecule has 0 aliphatic carbocycles. The van der Waals surface area contributed by atoms with Crippen LogP contribution in [0, 0.1) is 0 Å². The zero-order chi connectivity index (χ0) is 14.2. The molecule has 2 nitrogen and oxygen atoms in total. The van der Waals surface area contributed by atoms with Crippen molar-refractivity contribution in [3.05, 3.63) is 50.9 Å². The van der Waals surface area contributed by atoms with Crippen molar-refractivity contribution in [1.82, 2.24) is 10.3 Å². The largest absolute Gasteiger partial charge is 0.314 e. The summed E-state index contributed by atoms with van der Waals surface area (Å²) >= 11 is 5.47. The summed E-state index contributed by atoms with van der Waals surface area (Å²) in [7, 11) is 0. The predicted octanol–water partition coefficient (Wildman–Crippen LogP) is 4.45. The number of nitrogens with zero attached hydrogens (tertiary/aromatic N) is 1. The van der Waals surface area contributed by atoms with Crippen molar-refractivity contribution in [3.63, 3.8) is 0 Å². The molecular formula is C16H21BrN2S. The van der Waals surface area contributed by atoms with Crippen LogP contribution in [-0.4, -0.2) is 17.6 Å². The fraction of sp³-hybridized carbons (Fsp3) is 0.438. The topological polar surface area (TPSA) is 24.9 Å². The summed E-state index contributed by atoms with van der Waals surface area (Å²) in [6, 6.07) is 6.90. The molecule has 108 valence electrons. The van der Waals surface area contributed by atoms with Crippen molar-refractivity contribution in [2.75, 3.05) is 6.54 Å². The van der Waals surface area contributed by atoms with Crippen molar-refractivity contribution in [1.29, 1.82) is 0 Å². The molecule has 20 heavy (non-hydrogen) atoms. The first-order valence-corrected chi connectivity index (χ1v) is 8.81. The van der Waals surface area contributed by atoms with Gasteiger partial charge in [-0.15, -0.1) is 11.3 Å². The fourth-order valence-corrected chi connectivity index (χ4v) is 3.81. The lowest BCUT2D eigenvalue weighted by atomic mass is 10.0. The Morgan fingerprint density at radius 1 is 1.30 bits per heavy atom. The molecule has 0 aliphatic rings. The van der Waals surface area contributed by atoms with Crippen LogP contribution >= 0.6 is 27.3 Å². The molecule has 0 radical (unpaired) electrons. The predicted molar refractivity (Wildman–Crippen MR) is 90.4 cm³/mol. The van der Waals surface area contributed by atoms with Crippen LogP contribution in [0.3, 0.4) is 0 Å². The summed E-state index contributed by atoms with van der Waals surface area (Å²) in [6.45, 7) is 3.30. The van der Waals surface area contributed by atoms with Crippen molar-refractivity contribution in [2.45, 2.75) is 38.6 Å². The van der Waals surface area contributed by atoms with Gasteiger partial charge in [-0.05, 0) is 77.3 Å². The Balaban J connectivity index is 1.91. The lowest BCUT2D eigenvalue weighted by Crippen LogP contribution is -2.32. The molecule has 4 heteroatoms. The van der Waals surface area contributed by atoms with Crippen LogP contribution in [0.2, 0.25) is 0 Å². The number of thiophene rings is 1. The zero-order valence-corrected chi connectivity index (χ0v) is 14.2. The number of aromatic nitrogens is 1. The molecule has 1 atom stereocenters. The molecule has 2 heterocycles. The first-order valence-electron chi connectivity index (χ1n) is 7.13. The molecule has 0 fully saturated rings. The normalized spacial score (nSPS) is 12.5. The van der Waals surface area contributed by atoms with Gasteiger partial charge in [0.1, 0.15) is 0 Å². The van der Waals surface area contributed by atoms with Crippen molar-refractivity contribution in [2.24, 2.45) is 0 Å². The van der Waals surface area contributed by atoms with Gasteiger partial charge in [-0.2, -0.15) is 0 Å². The van der Waals surface area contributed by atoms with Crippen LogP contribution in [0.4, 0.5) is 0 Å². The number of hydrogen-bond acceptors (Lipinski definition) is 3. The van der Waals surface area contributed by atoms with Gasteiger partial charge in [0, 0.05) is 27.8 Å². The molecule has 1 N–H and O–H groups in total. The minimum Gasteiger partial charge on any atom is -0.314 e. The molecule has 0 aliphatic heterocycles. The Bertz CT molecular complexity index is 498. The van der Waals surface area contributed by atoms with E-state index in [1.54, 1.807) is 0 Å². The molecule has 1 unspecified atom stereocenters. The van der Waals surface area contributed by atoms with Crippen molar-refractivity contribution in [3.8, 4) is 0 Å². The van der Waals surface area contributed by atoms with E-state index in [1.807, 2.05) is 23.7 Å². The van der Waals surface area contributed by atoms with E-state index in [0.717, 1.165) is 25.8 Å². The molecule has 0 saturated carbocycles. The summed E-state index contributed by atoms with van der Waals surface area (Å²) < 4.78 is 1.25. The van der Waals surface area contributed by atoms with E-state index in [1.165, 1.54) is 21.3 Å². The van der Waals surface area contributed by atoms with Crippen LogP contribution in [0.5, 0.6) is 0 Å². The highest BCUT2D eigenvalue weighted by Crippen LogP contribution is 2.24. The second kappa shape index (κ2) is 8.55. The van der Waals surface area contributed by atoms with Crippen molar-refractivity contribution < 1.29 is 0 Å². The average Bonchev–Trinajstić information content (AvgIpc) is 2.88. The Morgan fingerprint density at radius 3 is 2.75 bits per heavy atom. The lowest BCUT2D eigenvalue weighted by molar-refractivity contribution is 0.479. The number of pyridine rings is 1. The Labute approximate surface area is 133 Å². The quantitative estimate of drug-likeness (QED) is 0.758. The number of halogens is 1. The third-order valence-electron chi connectivity index (χ3n) is 3.34. The molecule has 2 aromatic heterocycles. The van der Waals surface area contributed by atoms with Gasteiger partial charge in [-0.25, -0.2) is 0 Å². The minimum atomic E-state index is 0.540. The van der Waals surface area contributed by atoms with Gasteiger partial charge in [0.05, 0.1) is 0 Å². The van der Waals surface area contributed by atoms with Gasteiger partial charge in [-0.3, -0.25) is 4.98 Å². The van der Waals surface area contributed by atoms with Gasteiger partial charge in [-0.1, -0.05) is 6.92 Å². The SMILES string of the molecule is CCCNC(CCc1ccncc1)Cc1sccc1Br. The standard InChI is InChI=1S/C16H21BrN2S/c1-2-8-19-14(12-16-15(17)7-11-20-16)4-3-13-5-9-18-10-6-13/h5-7,9-11,14,19H,2-4,8,12H2,1H3. The zero-order valence-electron chi connectivity index (χ0n) is 11.8. The first-order chi connectivity index (χ1) is 9.79.